The molecule has 0 fully saturated rings. The van der Waals surface area contributed by atoms with Gasteiger partial charge in [-0.2, -0.15) is 5.10 Å². The van der Waals surface area contributed by atoms with Gasteiger partial charge in [0.2, 0.25) is 0 Å². The van der Waals surface area contributed by atoms with Crippen molar-refractivity contribution >= 4 is 0 Å². The van der Waals surface area contributed by atoms with Gasteiger partial charge >= 0.3 is 0 Å². The molecule has 0 spiro atoms. The summed E-state index contributed by atoms with van der Waals surface area (Å²) in [5.41, 5.74) is 2.25. The van der Waals surface area contributed by atoms with Crippen molar-refractivity contribution in [2.24, 2.45) is 0 Å². The van der Waals surface area contributed by atoms with Crippen LogP contribution in [0.4, 0.5) is 0 Å². The van der Waals surface area contributed by atoms with E-state index >= 15 is 0 Å². The van der Waals surface area contributed by atoms with Crippen LogP contribution in [0, 0.1) is 0 Å². The van der Waals surface area contributed by atoms with Gasteiger partial charge in [-0.25, -0.2) is 0 Å². The molecule has 0 unspecified atom stereocenters. The molecule has 2 aromatic rings. The second-order valence-electron chi connectivity index (χ2n) is 4.57. The molecule has 102 valence electrons. The molecule has 2 rings (SSSR count). The number of aliphatic hydroxyl groups is 1. The molecule has 0 bridgehead atoms. The van der Waals surface area contributed by atoms with Crippen molar-refractivity contribution in [1.29, 1.82) is 0 Å². The number of nitrogens with one attached hydrogen (secondary N) is 1. The number of aryl methyl sites for hydroxylation is 1. The van der Waals surface area contributed by atoms with Crippen LogP contribution in [0.2, 0.25) is 0 Å². The first-order valence-electron chi connectivity index (χ1n) is 6.75. The van der Waals surface area contributed by atoms with Gasteiger partial charge in [0.1, 0.15) is 0 Å². The van der Waals surface area contributed by atoms with E-state index in [1.165, 1.54) is 0 Å². The first kappa shape index (κ1) is 13.8. The summed E-state index contributed by atoms with van der Waals surface area (Å²) in [7, 11) is 0. The minimum atomic E-state index is -0.0359. The summed E-state index contributed by atoms with van der Waals surface area (Å²) in [6, 6.07) is 12.0. The van der Waals surface area contributed by atoms with Gasteiger partial charge in [-0.15, -0.1) is 0 Å². The van der Waals surface area contributed by atoms with Crippen molar-refractivity contribution in [3.05, 3.63) is 53.9 Å². The Morgan fingerprint density at radius 1 is 1.26 bits per heavy atom. The summed E-state index contributed by atoms with van der Waals surface area (Å²) in [6.07, 6.45) is 2.89. The van der Waals surface area contributed by atoms with Gasteiger partial charge in [-0.1, -0.05) is 37.3 Å². The lowest BCUT2D eigenvalue weighted by atomic mass is 10.1. The number of hydrogen-bond acceptors (Lipinski definition) is 3. The van der Waals surface area contributed by atoms with E-state index in [1.807, 2.05) is 47.3 Å². The van der Waals surface area contributed by atoms with Crippen molar-refractivity contribution in [1.82, 2.24) is 15.1 Å². The SMILES string of the molecule is CCCn1nccc1CN[C@@H](CO)c1ccccc1. The largest absolute Gasteiger partial charge is 0.394 e. The molecule has 0 aliphatic rings. The first-order valence-corrected chi connectivity index (χ1v) is 6.75. The number of hydrogen-bond donors (Lipinski definition) is 2. The Kier molecular flexibility index (Phi) is 5.12. The van der Waals surface area contributed by atoms with E-state index in [1.54, 1.807) is 0 Å². The molecular formula is C15H21N3O. The summed E-state index contributed by atoms with van der Waals surface area (Å²) in [4.78, 5) is 0. The second-order valence-corrected chi connectivity index (χ2v) is 4.57. The van der Waals surface area contributed by atoms with Crippen LogP contribution in [0.3, 0.4) is 0 Å². The number of rotatable bonds is 7. The minimum absolute atomic E-state index is 0.0359. The van der Waals surface area contributed by atoms with E-state index in [0.717, 1.165) is 24.2 Å². The summed E-state index contributed by atoms with van der Waals surface area (Å²) >= 11 is 0. The lowest BCUT2D eigenvalue weighted by molar-refractivity contribution is 0.242. The molecule has 1 atom stereocenters. The molecule has 1 heterocycles. The zero-order chi connectivity index (χ0) is 13.5. The normalized spacial score (nSPS) is 12.5. The molecule has 4 nitrogen and oxygen atoms in total. The Bertz CT molecular complexity index is 481. The number of benzene rings is 1. The van der Waals surface area contributed by atoms with Gasteiger partial charge in [0, 0.05) is 19.3 Å². The fraction of sp³-hybridized carbons (Fsp3) is 0.400. The Balaban J connectivity index is 1.98. The molecule has 0 aliphatic carbocycles. The molecule has 19 heavy (non-hydrogen) atoms. The molecule has 1 aromatic carbocycles. The zero-order valence-corrected chi connectivity index (χ0v) is 11.3. The minimum Gasteiger partial charge on any atom is -0.394 e. The monoisotopic (exact) mass is 259 g/mol. The van der Waals surface area contributed by atoms with E-state index in [0.29, 0.717) is 6.54 Å². The molecule has 2 N–H and O–H groups in total. The van der Waals surface area contributed by atoms with Crippen LogP contribution < -0.4 is 5.32 Å². The lowest BCUT2D eigenvalue weighted by Crippen LogP contribution is -2.25. The molecule has 0 radical (unpaired) electrons. The summed E-state index contributed by atoms with van der Waals surface area (Å²) in [6.45, 7) is 3.87. The first-order chi connectivity index (χ1) is 9.35. The van der Waals surface area contributed by atoms with E-state index in [2.05, 4.69) is 17.3 Å². The molecule has 4 heteroatoms. The Morgan fingerprint density at radius 2 is 2.05 bits per heavy atom. The maximum Gasteiger partial charge on any atom is 0.0626 e. The Labute approximate surface area is 114 Å². The van der Waals surface area contributed by atoms with Crippen molar-refractivity contribution in [2.75, 3.05) is 6.61 Å². The summed E-state index contributed by atoms with van der Waals surface area (Å²) in [5, 5.41) is 17.2. The third-order valence-electron chi connectivity index (χ3n) is 3.15. The van der Waals surface area contributed by atoms with Crippen LogP contribution in [-0.2, 0) is 13.1 Å². The van der Waals surface area contributed by atoms with Crippen LogP contribution in [0.25, 0.3) is 0 Å². The fourth-order valence-electron chi connectivity index (χ4n) is 2.12. The third-order valence-corrected chi connectivity index (χ3v) is 3.15. The predicted octanol–water partition coefficient (Wildman–Crippen LogP) is 2.12. The summed E-state index contributed by atoms with van der Waals surface area (Å²) < 4.78 is 2.01. The van der Waals surface area contributed by atoms with Crippen LogP contribution >= 0.6 is 0 Å². The van der Waals surface area contributed by atoms with Gasteiger partial charge in [0.15, 0.2) is 0 Å². The lowest BCUT2D eigenvalue weighted by Gasteiger charge is -2.17. The molecule has 0 aliphatic heterocycles. The van der Waals surface area contributed by atoms with Gasteiger partial charge in [0.25, 0.3) is 0 Å². The van der Waals surface area contributed by atoms with E-state index < -0.39 is 0 Å². The van der Waals surface area contributed by atoms with Crippen LogP contribution in [0.5, 0.6) is 0 Å². The number of aliphatic hydroxyl groups excluding tert-OH is 1. The van der Waals surface area contributed by atoms with E-state index in [-0.39, 0.29) is 12.6 Å². The average Bonchev–Trinajstić information content (AvgIpc) is 2.89. The summed E-state index contributed by atoms with van der Waals surface area (Å²) in [5.74, 6) is 0. The number of nitrogens with zero attached hydrogens (tertiary/aromatic N) is 2. The van der Waals surface area contributed by atoms with E-state index in [9.17, 15) is 5.11 Å². The van der Waals surface area contributed by atoms with Crippen LogP contribution in [0.15, 0.2) is 42.6 Å². The highest BCUT2D eigenvalue weighted by Crippen LogP contribution is 2.12. The third kappa shape index (κ3) is 3.66. The van der Waals surface area contributed by atoms with Crippen molar-refractivity contribution in [2.45, 2.75) is 32.5 Å². The molecule has 1 aromatic heterocycles. The van der Waals surface area contributed by atoms with Gasteiger partial charge in [-0.3, -0.25) is 4.68 Å². The maximum atomic E-state index is 9.50. The van der Waals surface area contributed by atoms with Crippen molar-refractivity contribution in [3.8, 4) is 0 Å². The highest BCUT2D eigenvalue weighted by molar-refractivity contribution is 5.19. The fourth-order valence-corrected chi connectivity index (χ4v) is 2.12. The quantitative estimate of drug-likeness (QED) is 0.800. The second kappa shape index (κ2) is 7.07. The molecule has 0 saturated carbocycles. The Hall–Kier alpha value is -1.65. The topological polar surface area (TPSA) is 50.1 Å². The van der Waals surface area contributed by atoms with Crippen LogP contribution in [0.1, 0.15) is 30.6 Å². The number of aromatic nitrogens is 2. The predicted molar refractivity (Wildman–Crippen MR) is 75.6 cm³/mol. The standard InChI is InChI=1S/C15H21N3O/c1-2-10-18-14(8-9-17-18)11-16-15(12-19)13-6-4-3-5-7-13/h3-9,15-16,19H,2,10-12H2,1H3/t15-/m0/s1. The van der Waals surface area contributed by atoms with Gasteiger partial charge in [-0.05, 0) is 18.1 Å². The van der Waals surface area contributed by atoms with Crippen LogP contribution in [-0.4, -0.2) is 21.5 Å². The zero-order valence-electron chi connectivity index (χ0n) is 11.3. The average molecular weight is 259 g/mol. The highest BCUT2D eigenvalue weighted by atomic mass is 16.3. The molecular weight excluding hydrogens is 238 g/mol. The molecule has 0 saturated heterocycles. The highest BCUT2D eigenvalue weighted by Gasteiger charge is 2.10. The maximum absolute atomic E-state index is 9.50. The Morgan fingerprint density at radius 3 is 2.74 bits per heavy atom. The van der Waals surface area contributed by atoms with Gasteiger partial charge < -0.3 is 10.4 Å². The van der Waals surface area contributed by atoms with Gasteiger partial charge in [0.05, 0.1) is 18.3 Å². The molecule has 0 amide bonds. The van der Waals surface area contributed by atoms with E-state index in [4.69, 9.17) is 0 Å². The van der Waals surface area contributed by atoms with Crippen molar-refractivity contribution in [3.63, 3.8) is 0 Å². The smallest absolute Gasteiger partial charge is 0.0626 e. The van der Waals surface area contributed by atoms with Crippen molar-refractivity contribution < 1.29 is 5.11 Å².